The highest BCUT2D eigenvalue weighted by atomic mass is 35.5. The summed E-state index contributed by atoms with van der Waals surface area (Å²) in [7, 11) is 0. The number of carbonyl (C=O) groups is 3. The zero-order valence-electron chi connectivity index (χ0n) is 18.2. The number of Topliss-reactive ketones (excluding diaryl/α,β-unsaturated/α-hetero) is 1. The first kappa shape index (κ1) is 24.7. The van der Waals surface area contributed by atoms with Crippen LogP contribution >= 0.6 is 11.6 Å². The smallest absolute Gasteiger partial charge is 0.260 e. The van der Waals surface area contributed by atoms with E-state index in [0.29, 0.717) is 56.0 Å². The Bertz CT molecular complexity index is 992. The second kappa shape index (κ2) is 11.8. The fourth-order valence-electron chi connectivity index (χ4n) is 3.68. The molecule has 2 amide bonds. The van der Waals surface area contributed by atoms with E-state index in [4.69, 9.17) is 22.1 Å². The monoisotopic (exact) mass is 475 g/mol. The minimum absolute atomic E-state index is 0.0372. The van der Waals surface area contributed by atoms with Gasteiger partial charge in [0.05, 0.1) is 5.56 Å². The Morgan fingerprint density at radius 2 is 1.82 bits per heavy atom. The summed E-state index contributed by atoms with van der Waals surface area (Å²) in [5.74, 6) is -0.950. The Labute approximate surface area is 197 Å². The van der Waals surface area contributed by atoms with Crippen LogP contribution in [0.5, 0.6) is 5.75 Å². The molecule has 9 heteroatoms. The van der Waals surface area contributed by atoms with Crippen molar-refractivity contribution >= 4 is 29.2 Å². The molecular formula is C24H27ClFN3O4. The van der Waals surface area contributed by atoms with E-state index in [0.717, 1.165) is 0 Å². The van der Waals surface area contributed by atoms with E-state index in [-0.39, 0.29) is 47.3 Å². The van der Waals surface area contributed by atoms with Crippen LogP contribution in [-0.4, -0.2) is 55.3 Å². The van der Waals surface area contributed by atoms with Crippen LogP contribution in [-0.2, 0) is 4.79 Å². The molecule has 3 rings (SSSR count). The molecule has 0 saturated carbocycles. The van der Waals surface area contributed by atoms with Crippen molar-refractivity contribution < 1.29 is 23.5 Å². The highest BCUT2D eigenvalue weighted by Gasteiger charge is 2.28. The Morgan fingerprint density at radius 3 is 2.48 bits per heavy atom. The third-order valence-corrected chi connectivity index (χ3v) is 5.79. The third-order valence-electron chi connectivity index (χ3n) is 5.55. The van der Waals surface area contributed by atoms with Gasteiger partial charge < -0.3 is 20.7 Å². The Balaban J connectivity index is 1.53. The maximum atomic E-state index is 13.1. The number of nitrogens with two attached hydrogens (primary N) is 1. The molecule has 2 aromatic rings. The molecule has 1 heterocycles. The van der Waals surface area contributed by atoms with Crippen molar-refractivity contribution in [1.82, 2.24) is 10.2 Å². The second-order valence-corrected chi connectivity index (χ2v) is 8.29. The molecule has 0 radical (unpaired) electrons. The van der Waals surface area contributed by atoms with E-state index in [9.17, 15) is 18.8 Å². The van der Waals surface area contributed by atoms with Gasteiger partial charge in [-0.15, -0.1) is 0 Å². The Kier molecular flexibility index (Phi) is 8.79. The number of hydrogen-bond donors (Lipinski definition) is 2. The number of carbonyl (C=O) groups excluding carboxylic acids is 3. The van der Waals surface area contributed by atoms with E-state index in [1.165, 1.54) is 30.3 Å². The number of nitrogens with one attached hydrogen (secondary N) is 1. The lowest BCUT2D eigenvalue weighted by atomic mass is 9.89. The number of likely N-dealkylation sites (tertiary alicyclic amines) is 1. The number of piperidine rings is 1. The number of benzene rings is 2. The van der Waals surface area contributed by atoms with Crippen molar-refractivity contribution in [1.29, 1.82) is 0 Å². The largest absolute Gasteiger partial charge is 0.483 e. The number of ketones is 1. The van der Waals surface area contributed by atoms with Gasteiger partial charge in [-0.25, -0.2) is 4.39 Å². The maximum absolute atomic E-state index is 13.1. The first-order valence-corrected chi connectivity index (χ1v) is 11.2. The van der Waals surface area contributed by atoms with Crippen LogP contribution in [0.25, 0.3) is 0 Å². The van der Waals surface area contributed by atoms with Crippen LogP contribution in [0.15, 0.2) is 42.5 Å². The summed E-state index contributed by atoms with van der Waals surface area (Å²) in [6.45, 7) is 1.49. The molecule has 0 atom stereocenters. The second-order valence-electron chi connectivity index (χ2n) is 7.85. The molecule has 0 aliphatic carbocycles. The van der Waals surface area contributed by atoms with Crippen LogP contribution in [0.1, 0.15) is 40.0 Å². The van der Waals surface area contributed by atoms with Crippen molar-refractivity contribution in [2.24, 2.45) is 11.7 Å². The molecule has 0 aromatic heterocycles. The number of halogens is 2. The first-order valence-electron chi connectivity index (χ1n) is 10.9. The van der Waals surface area contributed by atoms with Gasteiger partial charge in [-0.2, -0.15) is 0 Å². The molecule has 1 saturated heterocycles. The van der Waals surface area contributed by atoms with E-state index in [2.05, 4.69) is 5.32 Å². The maximum Gasteiger partial charge on any atom is 0.260 e. The number of nitrogens with zero attached hydrogens (tertiary/aromatic N) is 1. The van der Waals surface area contributed by atoms with Gasteiger partial charge in [0.1, 0.15) is 11.6 Å². The number of rotatable bonds is 9. The van der Waals surface area contributed by atoms with Crippen LogP contribution < -0.4 is 15.8 Å². The normalized spacial score (nSPS) is 14.1. The molecule has 33 heavy (non-hydrogen) atoms. The highest BCUT2D eigenvalue weighted by Crippen LogP contribution is 2.25. The Morgan fingerprint density at radius 1 is 1.12 bits per heavy atom. The van der Waals surface area contributed by atoms with Gasteiger partial charge in [-0.05, 0) is 68.3 Å². The first-order chi connectivity index (χ1) is 15.9. The molecule has 0 unspecified atom stereocenters. The minimum atomic E-state index is -0.385. The highest BCUT2D eigenvalue weighted by molar-refractivity contribution is 6.31. The van der Waals surface area contributed by atoms with Crippen LogP contribution in [0, 0.1) is 11.7 Å². The van der Waals surface area contributed by atoms with Crippen molar-refractivity contribution in [3.05, 3.63) is 64.4 Å². The van der Waals surface area contributed by atoms with Crippen LogP contribution in [0.4, 0.5) is 4.39 Å². The van der Waals surface area contributed by atoms with Gasteiger partial charge in [0.15, 0.2) is 12.4 Å². The average Bonchev–Trinajstić information content (AvgIpc) is 2.83. The van der Waals surface area contributed by atoms with Gasteiger partial charge in [-0.1, -0.05) is 11.6 Å². The van der Waals surface area contributed by atoms with E-state index < -0.39 is 0 Å². The van der Waals surface area contributed by atoms with E-state index >= 15 is 0 Å². The summed E-state index contributed by atoms with van der Waals surface area (Å²) in [4.78, 5) is 39.3. The molecular weight excluding hydrogens is 449 g/mol. The topological polar surface area (TPSA) is 102 Å². The summed E-state index contributed by atoms with van der Waals surface area (Å²) >= 11 is 6.02. The molecule has 7 nitrogen and oxygen atoms in total. The molecule has 176 valence electrons. The molecule has 1 aliphatic rings. The summed E-state index contributed by atoms with van der Waals surface area (Å²) < 4.78 is 18.7. The zero-order chi connectivity index (χ0) is 23.8. The van der Waals surface area contributed by atoms with E-state index in [1.807, 2.05) is 0 Å². The fraction of sp³-hybridized carbons (Fsp3) is 0.375. The summed E-state index contributed by atoms with van der Waals surface area (Å²) in [6.07, 6.45) is 1.69. The molecule has 2 aromatic carbocycles. The van der Waals surface area contributed by atoms with E-state index in [1.54, 1.807) is 17.0 Å². The number of amides is 2. The van der Waals surface area contributed by atoms with Gasteiger partial charge in [0.2, 0.25) is 0 Å². The minimum Gasteiger partial charge on any atom is -0.483 e. The van der Waals surface area contributed by atoms with Crippen molar-refractivity contribution in [3.8, 4) is 5.75 Å². The molecule has 0 bridgehead atoms. The molecule has 3 N–H and O–H groups in total. The molecule has 0 spiro atoms. The summed E-state index contributed by atoms with van der Waals surface area (Å²) in [6, 6.07) is 10.1. The summed E-state index contributed by atoms with van der Waals surface area (Å²) in [5.41, 5.74) is 6.17. The van der Waals surface area contributed by atoms with Gasteiger partial charge in [0.25, 0.3) is 11.8 Å². The number of ether oxygens (including phenoxy) is 1. The number of hydrogen-bond acceptors (Lipinski definition) is 5. The predicted molar refractivity (Wildman–Crippen MR) is 123 cm³/mol. The van der Waals surface area contributed by atoms with Gasteiger partial charge in [-0.3, -0.25) is 14.4 Å². The lowest BCUT2D eigenvalue weighted by molar-refractivity contribution is -0.134. The Hall–Kier alpha value is -2.97. The lowest BCUT2D eigenvalue weighted by Gasteiger charge is -2.31. The predicted octanol–water partition coefficient (Wildman–Crippen LogP) is 3.06. The quantitative estimate of drug-likeness (QED) is 0.428. The SMILES string of the molecule is NCCCNC(=O)c1cc(Cl)ccc1OCC(=O)N1CCC(C(=O)c2ccc(F)cc2)CC1. The van der Waals surface area contributed by atoms with Crippen molar-refractivity contribution in [2.75, 3.05) is 32.8 Å². The van der Waals surface area contributed by atoms with Crippen LogP contribution in [0.3, 0.4) is 0 Å². The fourth-order valence-corrected chi connectivity index (χ4v) is 3.85. The van der Waals surface area contributed by atoms with Crippen LogP contribution in [0.2, 0.25) is 5.02 Å². The third kappa shape index (κ3) is 6.76. The van der Waals surface area contributed by atoms with Gasteiger partial charge in [0, 0.05) is 36.1 Å². The standard InChI is InChI=1S/C24H27ClFN3O4/c25-18-4-7-21(20(14-18)24(32)28-11-1-10-27)33-15-22(30)29-12-8-17(9-13-29)23(31)16-2-5-19(26)6-3-16/h2-7,14,17H,1,8-13,15,27H2,(H,28,32). The molecule has 1 fully saturated rings. The molecule has 1 aliphatic heterocycles. The van der Waals surface area contributed by atoms with Gasteiger partial charge >= 0.3 is 0 Å². The summed E-state index contributed by atoms with van der Waals surface area (Å²) in [5, 5.41) is 3.12. The zero-order valence-corrected chi connectivity index (χ0v) is 18.9. The average molecular weight is 476 g/mol. The van der Waals surface area contributed by atoms with Crippen molar-refractivity contribution in [3.63, 3.8) is 0 Å². The van der Waals surface area contributed by atoms with Crippen molar-refractivity contribution in [2.45, 2.75) is 19.3 Å². The lowest BCUT2D eigenvalue weighted by Crippen LogP contribution is -2.42.